The summed E-state index contributed by atoms with van der Waals surface area (Å²) in [5.74, 6) is 0.0362. The molecule has 1 unspecified atom stereocenters. The molecule has 1 N–H and O–H groups in total. The molecule has 134 valence electrons. The Bertz CT molecular complexity index is 772. The van der Waals surface area contributed by atoms with Gasteiger partial charge in [0.2, 0.25) is 5.91 Å². The van der Waals surface area contributed by atoms with E-state index in [0.29, 0.717) is 13.0 Å². The van der Waals surface area contributed by atoms with Crippen molar-refractivity contribution in [1.29, 1.82) is 0 Å². The SMILES string of the molecule is O=C(CCn1cncn1)NC(CCCc1ccccc1)c1ccccc1. The number of nitrogens with one attached hydrogen (secondary N) is 1. The molecule has 0 aliphatic rings. The first-order valence-corrected chi connectivity index (χ1v) is 9.02. The number of aryl methyl sites for hydroxylation is 2. The van der Waals surface area contributed by atoms with Crippen molar-refractivity contribution in [2.24, 2.45) is 0 Å². The number of aromatic nitrogens is 3. The van der Waals surface area contributed by atoms with Crippen LogP contribution in [0.1, 0.15) is 36.4 Å². The van der Waals surface area contributed by atoms with Crippen molar-refractivity contribution in [2.45, 2.75) is 38.3 Å². The molecular weight excluding hydrogens is 324 g/mol. The third-order valence-corrected chi connectivity index (χ3v) is 4.37. The molecule has 1 aromatic heterocycles. The summed E-state index contributed by atoms with van der Waals surface area (Å²) in [5.41, 5.74) is 2.48. The maximum Gasteiger partial charge on any atom is 0.222 e. The number of benzene rings is 2. The molecule has 3 aromatic rings. The van der Waals surface area contributed by atoms with Gasteiger partial charge in [0, 0.05) is 6.42 Å². The minimum absolute atomic E-state index is 0.0307. The zero-order chi connectivity index (χ0) is 18.0. The third kappa shape index (κ3) is 5.55. The Labute approximate surface area is 154 Å². The van der Waals surface area contributed by atoms with Crippen LogP contribution in [0.4, 0.5) is 0 Å². The molecule has 1 atom stereocenters. The molecule has 0 aliphatic carbocycles. The molecule has 0 bridgehead atoms. The normalized spacial score (nSPS) is 11.8. The van der Waals surface area contributed by atoms with Gasteiger partial charge in [-0.2, -0.15) is 5.10 Å². The highest BCUT2D eigenvalue weighted by molar-refractivity contribution is 5.76. The monoisotopic (exact) mass is 348 g/mol. The summed E-state index contributed by atoms with van der Waals surface area (Å²) in [6.45, 7) is 0.539. The topological polar surface area (TPSA) is 59.8 Å². The number of nitrogens with zero attached hydrogens (tertiary/aromatic N) is 3. The van der Waals surface area contributed by atoms with Crippen LogP contribution in [0.25, 0.3) is 0 Å². The Morgan fingerprint density at radius 2 is 1.77 bits per heavy atom. The summed E-state index contributed by atoms with van der Waals surface area (Å²) in [5, 5.41) is 7.22. The maximum atomic E-state index is 12.4. The lowest BCUT2D eigenvalue weighted by Gasteiger charge is -2.19. The largest absolute Gasteiger partial charge is 0.349 e. The van der Waals surface area contributed by atoms with Crippen LogP contribution in [-0.2, 0) is 17.8 Å². The number of hydrogen-bond donors (Lipinski definition) is 1. The van der Waals surface area contributed by atoms with Gasteiger partial charge >= 0.3 is 0 Å². The molecule has 1 heterocycles. The lowest BCUT2D eigenvalue weighted by Crippen LogP contribution is -2.29. The molecule has 0 spiro atoms. The second-order valence-electron chi connectivity index (χ2n) is 6.32. The van der Waals surface area contributed by atoms with E-state index < -0.39 is 0 Å². The molecule has 0 saturated heterocycles. The number of amides is 1. The van der Waals surface area contributed by atoms with Crippen molar-refractivity contribution < 1.29 is 4.79 Å². The van der Waals surface area contributed by atoms with E-state index in [0.717, 1.165) is 24.8 Å². The Balaban J connectivity index is 1.55. The predicted octanol–water partition coefficient (Wildman–Crippen LogP) is 3.55. The van der Waals surface area contributed by atoms with Crippen LogP contribution in [0, 0.1) is 0 Å². The van der Waals surface area contributed by atoms with E-state index in [1.165, 1.54) is 11.9 Å². The highest BCUT2D eigenvalue weighted by Gasteiger charge is 2.14. The van der Waals surface area contributed by atoms with Crippen LogP contribution in [0.15, 0.2) is 73.3 Å². The molecule has 2 aromatic carbocycles. The smallest absolute Gasteiger partial charge is 0.222 e. The molecule has 0 aliphatic heterocycles. The van der Waals surface area contributed by atoms with Crippen LogP contribution in [0.3, 0.4) is 0 Å². The van der Waals surface area contributed by atoms with Crippen LogP contribution in [0.5, 0.6) is 0 Å². The Kier molecular flexibility index (Phi) is 6.53. The van der Waals surface area contributed by atoms with Gasteiger partial charge in [-0.3, -0.25) is 9.48 Å². The fourth-order valence-electron chi connectivity index (χ4n) is 2.99. The average Bonchev–Trinajstić information content (AvgIpc) is 3.21. The lowest BCUT2D eigenvalue weighted by molar-refractivity contribution is -0.122. The van der Waals surface area contributed by atoms with E-state index in [1.54, 1.807) is 11.0 Å². The second kappa shape index (κ2) is 9.51. The van der Waals surface area contributed by atoms with Gasteiger partial charge < -0.3 is 5.32 Å². The number of rotatable bonds is 9. The molecule has 3 rings (SSSR count). The Morgan fingerprint density at radius 1 is 1.04 bits per heavy atom. The number of hydrogen-bond acceptors (Lipinski definition) is 3. The first kappa shape index (κ1) is 17.9. The summed E-state index contributed by atoms with van der Waals surface area (Å²) in [7, 11) is 0. The zero-order valence-electron chi connectivity index (χ0n) is 14.8. The number of carbonyl (C=O) groups is 1. The zero-order valence-corrected chi connectivity index (χ0v) is 14.8. The molecule has 5 nitrogen and oxygen atoms in total. The van der Waals surface area contributed by atoms with E-state index in [4.69, 9.17) is 0 Å². The van der Waals surface area contributed by atoms with Gasteiger partial charge in [0.1, 0.15) is 12.7 Å². The highest BCUT2D eigenvalue weighted by atomic mass is 16.1. The highest BCUT2D eigenvalue weighted by Crippen LogP contribution is 2.20. The van der Waals surface area contributed by atoms with Gasteiger partial charge in [0.25, 0.3) is 0 Å². The van der Waals surface area contributed by atoms with E-state index in [9.17, 15) is 4.79 Å². The third-order valence-electron chi connectivity index (χ3n) is 4.37. The van der Waals surface area contributed by atoms with E-state index >= 15 is 0 Å². The van der Waals surface area contributed by atoms with Crippen molar-refractivity contribution in [3.63, 3.8) is 0 Å². The van der Waals surface area contributed by atoms with Crippen molar-refractivity contribution in [1.82, 2.24) is 20.1 Å². The summed E-state index contributed by atoms with van der Waals surface area (Å²) >= 11 is 0. The first-order valence-electron chi connectivity index (χ1n) is 9.02. The van der Waals surface area contributed by atoms with Crippen molar-refractivity contribution >= 4 is 5.91 Å². The standard InChI is InChI=1S/C21H24N4O/c26-21(14-15-25-17-22-16-23-25)24-20(19-11-5-2-6-12-19)13-7-10-18-8-3-1-4-9-18/h1-6,8-9,11-12,16-17,20H,7,10,13-15H2,(H,24,26). The van der Waals surface area contributed by atoms with Gasteiger partial charge in [-0.05, 0) is 30.4 Å². The molecule has 0 radical (unpaired) electrons. The second-order valence-corrected chi connectivity index (χ2v) is 6.32. The average molecular weight is 348 g/mol. The van der Waals surface area contributed by atoms with Crippen LogP contribution < -0.4 is 5.32 Å². The quantitative estimate of drug-likeness (QED) is 0.643. The van der Waals surface area contributed by atoms with Gasteiger partial charge in [-0.25, -0.2) is 4.98 Å². The van der Waals surface area contributed by atoms with E-state index in [1.807, 2.05) is 24.3 Å². The minimum Gasteiger partial charge on any atom is -0.349 e. The summed E-state index contributed by atoms with van der Waals surface area (Å²) < 4.78 is 1.67. The molecular formula is C21H24N4O. The fourth-order valence-corrected chi connectivity index (χ4v) is 2.99. The molecule has 0 saturated carbocycles. The molecule has 26 heavy (non-hydrogen) atoms. The fraction of sp³-hybridized carbons (Fsp3) is 0.286. The van der Waals surface area contributed by atoms with Crippen molar-refractivity contribution in [2.75, 3.05) is 0 Å². The van der Waals surface area contributed by atoms with Crippen LogP contribution in [0.2, 0.25) is 0 Å². The number of carbonyl (C=O) groups excluding carboxylic acids is 1. The summed E-state index contributed by atoms with van der Waals surface area (Å²) in [4.78, 5) is 16.3. The molecule has 5 heteroatoms. The van der Waals surface area contributed by atoms with E-state index in [-0.39, 0.29) is 11.9 Å². The van der Waals surface area contributed by atoms with Gasteiger partial charge in [0.15, 0.2) is 0 Å². The minimum atomic E-state index is 0.0307. The van der Waals surface area contributed by atoms with E-state index in [2.05, 4.69) is 51.8 Å². The molecule has 1 amide bonds. The first-order chi connectivity index (χ1) is 12.8. The van der Waals surface area contributed by atoms with Crippen LogP contribution >= 0.6 is 0 Å². The van der Waals surface area contributed by atoms with Crippen molar-refractivity contribution in [3.8, 4) is 0 Å². The van der Waals surface area contributed by atoms with Gasteiger partial charge in [0.05, 0.1) is 12.6 Å². The maximum absolute atomic E-state index is 12.4. The lowest BCUT2D eigenvalue weighted by atomic mass is 9.99. The van der Waals surface area contributed by atoms with Gasteiger partial charge in [-0.15, -0.1) is 0 Å². The predicted molar refractivity (Wildman–Crippen MR) is 101 cm³/mol. The Hall–Kier alpha value is -2.95. The summed E-state index contributed by atoms with van der Waals surface area (Å²) in [6, 6.07) is 20.7. The van der Waals surface area contributed by atoms with Crippen LogP contribution in [-0.4, -0.2) is 20.7 Å². The van der Waals surface area contributed by atoms with Crippen molar-refractivity contribution in [3.05, 3.63) is 84.4 Å². The Morgan fingerprint density at radius 3 is 2.46 bits per heavy atom. The summed E-state index contributed by atoms with van der Waals surface area (Å²) in [6.07, 6.45) is 6.45. The molecule has 0 fully saturated rings. The van der Waals surface area contributed by atoms with Gasteiger partial charge in [-0.1, -0.05) is 60.7 Å².